The Balaban J connectivity index is 2.17. The molecule has 3 nitrogen and oxygen atoms in total. The highest BCUT2D eigenvalue weighted by Crippen LogP contribution is 2.27. The van der Waals surface area contributed by atoms with Gasteiger partial charge in [-0.1, -0.05) is 17.7 Å². The Hall–Kier alpha value is -2.37. The van der Waals surface area contributed by atoms with Crippen LogP contribution in [0.2, 0.25) is 0 Å². The van der Waals surface area contributed by atoms with Crippen molar-refractivity contribution in [1.82, 2.24) is 4.98 Å². The minimum atomic E-state index is -4.51. The number of benzene rings is 1. The minimum Gasteiger partial charge on any atom is -0.322 e. The van der Waals surface area contributed by atoms with Crippen molar-refractivity contribution in [2.75, 3.05) is 5.32 Å². The van der Waals surface area contributed by atoms with Crippen LogP contribution < -0.4 is 5.32 Å². The summed E-state index contributed by atoms with van der Waals surface area (Å²) in [5.41, 5.74) is 1.60. The number of nitrogens with zero attached hydrogens (tertiary/aromatic N) is 1. The van der Waals surface area contributed by atoms with Crippen LogP contribution in [0.5, 0.6) is 0 Å². The zero-order chi connectivity index (χ0) is 15.6. The van der Waals surface area contributed by atoms with E-state index in [1.807, 2.05) is 26.0 Å². The molecule has 1 N–H and O–H groups in total. The van der Waals surface area contributed by atoms with Gasteiger partial charge in [0.05, 0.1) is 5.56 Å². The van der Waals surface area contributed by atoms with Crippen molar-refractivity contribution in [3.63, 3.8) is 0 Å². The van der Waals surface area contributed by atoms with Gasteiger partial charge in [0.25, 0.3) is 5.91 Å². The third-order valence-electron chi connectivity index (χ3n) is 2.95. The van der Waals surface area contributed by atoms with Crippen LogP contribution in [-0.4, -0.2) is 10.9 Å². The zero-order valence-corrected chi connectivity index (χ0v) is 11.5. The quantitative estimate of drug-likeness (QED) is 0.910. The highest BCUT2D eigenvalue weighted by atomic mass is 19.4. The Kier molecular flexibility index (Phi) is 3.97. The standard InChI is InChI=1S/C15H13F3N2O/c1-9-3-5-12(10(2)7-9)20-14(21)11-4-6-13(19-8-11)15(16,17)18/h3-8H,1-2H3,(H,20,21). The van der Waals surface area contributed by atoms with Crippen molar-refractivity contribution >= 4 is 11.6 Å². The Morgan fingerprint density at radius 3 is 2.38 bits per heavy atom. The number of aryl methyl sites for hydroxylation is 2. The van der Waals surface area contributed by atoms with Gasteiger partial charge in [-0.25, -0.2) is 0 Å². The second-order valence-corrected chi connectivity index (χ2v) is 4.70. The molecule has 1 aromatic heterocycles. The first-order valence-electron chi connectivity index (χ1n) is 6.19. The molecule has 6 heteroatoms. The van der Waals surface area contributed by atoms with Crippen LogP contribution in [0.15, 0.2) is 36.5 Å². The number of rotatable bonds is 2. The molecule has 0 unspecified atom stereocenters. The summed E-state index contributed by atoms with van der Waals surface area (Å²) in [5, 5.41) is 2.65. The average Bonchev–Trinajstić information content (AvgIpc) is 2.41. The van der Waals surface area contributed by atoms with E-state index in [2.05, 4.69) is 10.3 Å². The number of nitrogens with one attached hydrogen (secondary N) is 1. The third kappa shape index (κ3) is 3.59. The van der Waals surface area contributed by atoms with E-state index >= 15 is 0 Å². The molecular weight excluding hydrogens is 281 g/mol. The van der Waals surface area contributed by atoms with Crippen LogP contribution in [0.1, 0.15) is 27.2 Å². The minimum absolute atomic E-state index is 0.0722. The van der Waals surface area contributed by atoms with Crippen LogP contribution >= 0.6 is 0 Å². The maximum atomic E-state index is 12.4. The molecule has 0 bridgehead atoms. The number of hydrogen-bond acceptors (Lipinski definition) is 2. The maximum Gasteiger partial charge on any atom is 0.433 e. The molecule has 1 amide bonds. The summed E-state index contributed by atoms with van der Waals surface area (Å²) in [6.45, 7) is 3.77. The lowest BCUT2D eigenvalue weighted by molar-refractivity contribution is -0.141. The van der Waals surface area contributed by atoms with Crippen molar-refractivity contribution in [3.8, 4) is 0 Å². The van der Waals surface area contributed by atoms with Crippen LogP contribution in [0.4, 0.5) is 18.9 Å². The molecule has 0 saturated carbocycles. The monoisotopic (exact) mass is 294 g/mol. The van der Waals surface area contributed by atoms with E-state index < -0.39 is 17.8 Å². The lowest BCUT2D eigenvalue weighted by Gasteiger charge is -2.10. The fourth-order valence-corrected chi connectivity index (χ4v) is 1.84. The number of anilines is 1. The third-order valence-corrected chi connectivity index (χ3v) is 2.95. The van der Waals surface area contributed by atoms with Gasteiger partial charge in [0.2, 0.25) is 0 Å². The smallest absolute Gasteiger partial charge is 0.322 e. The molecule has 21 heavy (non-hydrogen) atoms. The first-order chi connectivity index (χ1) is 9.77. The van der Waals surface area contributed by atoms with Crippen molar-refractivity contribution in [1.29, 1.82) is 0 Å². The van der Waals surface area contributed by atoms with Crippen molar-refractivity contribution in [2.24, 2.45) is 0 Å². The Bertz CT molecular complexity index is 664. The highest BCUT2D eigenvalue weighted by molar-refractivity contribution is 6.04. The number of alkyl halides is 3. The number of halogens is 3. The summed E-state index contributed by atoms with van der Waals surface area (Å²) in [6, 6.07) is 7.39. The predicted octanol–water partition coefficient (Wildman–Crippen LogP) is 3.97. The van der Waals surface area contributed by atoms with Gasteiger partial charge >= 0.3 is 6.18 Å². The number of carbonyl (C=O) groups excluding carboxylic acids is 1. The van der Waals surface area contributed by atoms with Gasteiger partial charge in [0.15, 0.2) is 0 Å². The zero-order valence-electron chi connectivity index (χ0n) is 11.5. The van der Waals surface area contributed by atoms with E-state index in [0.29, 0.717) is 5.69 Å². The summed E-state index contributed by atoms with van der Waals surface area (Å²) in [6.07, 6.45) is -3.59. The molecule has 0 saturated heterocycles. The van der Waals surface area contributed by atoms with Gasteiger partial charge in [-0.15, -0.1) is 0 Å². The lowest BCUT2D eigenvalue weighted by Crippen LogP contribution is -2.14. The van der Waals surface area contributed by atoms with Crippen molar-refractivity contribution < 1.29 is 18.0 Å². The molecule has 1 heterocycles. The Morgan fingerprint density at radius 1 is 1.14 bits per heavy atom. The molecule has 0 radical (unpaired) electrons. The summed E-state index contributed by atoms with van der Waals surface area (Å²) in [7, 11) is 0. The van der Waals surface area contributed by atoms with E-state index in [4.69, 9.17) is 0 Å². The molecule has 0 fully saturated rings. The van der Waals surface area contributed by atoms with Gasteiger partial charge < -0.3 is 5.32 Å². The fraction of sp³-hybridized carbons (Fsp3) is 0.200. The number of carbonyl (C=O) groups is 1. The molecule has 0 spiro atoms. The van der Waals surface area contributed by atoms with E-state index in [9.17, 15) is 18.0 Å². The summed E-state index contributed by atoms with van der Waals surface area (Å²) < 4.78 is 37.2. The Labute approximate surface area is 119 Å². The largest absolute Gasteiger partial charge is 0.433 e. The molecule has 0 aliphatic rings. The second-order valence-electron chi connectivity index (χ2n) is 4.70. The van der Waals surface area contributed by atoms with Crippen molar-refractivity contribution in [2.45, 2.75) is 20.0 Å². The van der Waals surface area contributed by atoms with Gasteiger partial charge in [0, 0.05) is 11.9 Å². The van der Waals surface area contributed by atoms with E-state index in [-0.39, 0.29) is 5.56 Å². The highest BCUT2D eigenvalue weighted by Gasteiger charge is 2.32. The van der Waals surface area contributed by atoms with Crippen LogP contribution in [0, 0.1) is 13.8 Å². The number of hydrogen-bond donors (Lipinski definition) is 1. The van der Waals surface area contributed by atoms with Gasteiger partial charge in [-0.2, -0.15) is 13.2 Å². The van der Waals surface area contributed by atoms with E-state index in [0.717, 1.165) is 29.5 Å². The molecule has 1 aromatic carbocycles. The summed E-state index contributed by atoms with van der Waals surface area (Å²) in [4.78, 5) is 15.2. The lowest BCUT2D eigenvalue weighted by atomic mass is 10.1. The van der Waals surface area contributed by atoms with E-state index in [1.165, 1.54) is 0 Å². The molecule has 2 rings (SSSR count). The van der Waals surface area contributed by atoms with Crippen molar-refractivity contribution in [3.05, 3.63) is 58.9 Å². The molecule has 0 atom stereocenters. The topological polar surface area (TPSA) is 42.0 Å². The van der Waals surface area contributed by atoms with Crippen LogP contribution in [0.3, 0.4) is 0 Å². The summed E-state index contributed by atoms with van der Waals surface area (Å²) in [5.74, 6) is -0.497. The maximum absolute atomic E-state index is 12.4. The SMILES string of the molecule is Cc1ccc(NC(=O)c2ccc(C(F)(F)F)nc2)c(C)c1. The molecular formula is C15H13F3N2O. The molecule has 110 valence electrons. The van der Waals surface area contributed by atoms with Gasteiger partial charge in [0.1, 0.15) is 5.69 Å². The number of aromatic nitrogens is 1. The average molecular weight is 294 g/mol. The predicted molar refractivity (Wildman–Crippen MR) is 73.1 cm³/mol. The first-order valence-corrected chi connectivity index (χ1v) is 6.19. The number of pyridine rings is 1. The van der Waals surface area contributed by atoms with Gasteiger partial charge in [-0.05, 0) is 37.6 Å². The normalized spacial score (nSPS) is 11.3. The molecule has 0 aliphatic carbocycles. The summed E-state index contributed by atoms with van der Waals surface area (Å²) >= 11 is 0. The van der Waals surface area contributed by atoms with E-state index in [1.54, 1.807) is 6.07 Å². The molecule has 2 aromatic rings. The van der Waals surface area contributed by atoms with Crippen LogP contribution in [-0.2, 0) is 6.18 Å². The number of amides is 1. The van der Waals surface area contributed by atoms with Crippen LogP contribution in [0.25, 0.3) is 0 Å². The second kappa shape index (κ2) is 5.55. The molecule has 0 aliphatic heterocycles. The fourth-order valence-electron chi connectivity index (χ4n) is 1.84. The Morgan fingerprint density at radius 2 is 1.86 bits per heavy atom. The van der Waals surface area contributed by atoms with Gasteiger partial charge in [-0.3, -0.25) is 9.78 Å². The first kappa shape index (κ1) is 15.0.